The third kappa shape index (κ3) is 34.6. The Labute approximate surface area is 890 Å². The van der Waals surface area contributed by atoms with Crippen molar-refractivity contribution in [2.45, 2.75) is 144 Å². The van der Waals surface area contributed by atoms with Gasteiger partial charge in [0.25, 0.3) is 0 Å². The van der Waals surface area contributed by atoms with Gasteiger partial charge in [0.15, 0.2) is 0 Å². The second kappa shape index (κ2) is 57.4. The molecular formula is C115H110Ir4N7O6S6-7. The number of para-hydroxylation sites is 4. The Hall–Kier alpha value is -10.3. The van der Waals surface area contributed by atoms with Gasteiger partial charge in [0.1, 0.15) is 0 Å². The maximum atomic E-state index is 8.49. The Balaban J connectivity index is 0.000000213. The predicted octanol–water partition coefficient (Wildman–Crippen LogP) is 31.0. The second-order valence-electron chi connectivity index (χ2n) is 33.1. The summed E-state index contributed by atoms with van der Waals surface area (Å²) in [7, 11) is 0. The molecule has 10 aromatic carbocycles. The van der Waals surface area contributed by atoms with Gasteiger partial charge in [-0.2, -0.15) is 69.6 Å². The van der Waals surface area contributed by atoms with Crippen LogP contribution in [0.4, 0.5) is 0 Å². The topological polar surface area (TPSA) is 212 Å². The third-order valence-electron chi connectivity index (χ3n) is 20.4. The van der Waals surface area contributed by atoms with E-state index in [9.17, 15) is 0 Å². The van der Waals surface area contributed by atoms with Gasteiger partial charge in [-0.1, -0.05) is 185 Å². The van der Waals surface area contributed by atoms with E-state index >= 15 is 0 Å². The largest absolute Gasteiger partial charge is 0.513 e. The Morgan fingerprint density at radius 2 is 0.659 bits per heavy atom. The van der Waals surface area contributed by atoms with Gasteiger partial charge in [-0.15, -0.1) is 183 Å². The number of nitrogens with zero attached hydrogens (tertiary/aromatic N) is 7. The van der Waals surface area contributed by atoms with Gasteiger partial charge in [0, 0.05) is 143 Å². The third-order valence-corrected chi connectivity index (χ3v) is 26.3. The molecule has 0 aliphatic heterocycles. The number of thiophene rings is 2. The van der Waals surface area contributed by atoms with Crippen molar-refractivity contribution in [3.8, 4) is 85.8 Å². The molecule has 0 bridgehead atoms. The molecular weight excluding hydrogens is 2540 g/mol. The molecule has 20 rings (SSSR count). The zero-order valence-corrected chi connectivity index (χ0v) is 93.5. The molecule has 0 saturated carbocycles. The van der Waals surface area contributed by atoms with E-state index in [2.05, 4.69) is 260 Å². The number of pyridine rings is 3. The van der Waals surface area contributed by atoms with Crippen molar-refractivity contribution in [1.29, 1.82) is 0 Å². The van der Waals surface area contributed by atoms with Crippen molar-refractivity contribution >= 4 is 109 Å². The van der Waals surface area contributed by atoms with E-state index in [-0.39, 0.29) is 114 Å². The van der Waals surface area contributed by atoms with Crippen LogP contribution >= 0.6 is 68.0 Å². The van der Waals surface area contributed by atoms with E-state index in [1.54, 1.807) is 101 Å². The Morgan fingerprint density at radius 3 is 0.935 bits per heavy atom. The molecule has 1 aliphatic rings. The van der Waals surface area contributed by atoms with E-state index in [1.807, 2.05) is 175 Å². The summed E-state index contributed by atoms with van der Waals surface area (Å²) in [5.74, 6) is 0.486. The average molecular weight is 2650 g/mol. The fourth-order valence-corrected chi connectivity index (χ4v) is 19.0. The minimum atomic E-state index is -0.537. The Kier molecular flexibility index (Phi) is 47.7. The van der Waals surface area contributed by atoms with E-state index in [0.717, 1.165) is 110 Å². The zero-order valence-electron chi connectivity index (χ0n) is 79.0. The van der Waals surface area contributed by atoms with Gasteiger partial charge in [0.05, 0.1) is 57.7 Å². The van der Waals surface area contributed by atoms with Crippen LogP contribution in [0.15, 0.2) is 350 Å². The number of fused-ring (bicyclic) bond motifs is 7. The van der Waals surface area contributed by atoms with Crippen LogP contribution in [-0.2, 0) is 96.7 Å². The number of rotatable bonds is 12. The van der Waals surface area contributed by atoms with Crippen molar-refractivity contribution in [2.75, 3.05) is 0 Å². The summed E-state index contributed by atoms with van der Waals surface area (Å²) in [6, 6.07) is 119. The number of aliphatic hydroxyl groups is 6. The van der Waals surface area contributed by atoms with Crippen molar-refractivity contribution in [3.05, 3.63) is 415 Å². The Morgan fingerprint density at radius 1 is 0.341 bits per heavy atom. The maximum Gasteiger partial charge on any atom is 0.0877 e. The molecule has 3 atom stereocenters. The first-order valence-electron chi connectivity index (χ1n) is 43.9. The van der Waals surface area contributed by atoms with Gasteiger partial charge >= 0.3 is 0 Å². The van der Waals surface area contributed by atoms with Crippen LogP contribution in [0, 0.1) is 42.5 Å². The first kappa shape index (κ1) is 115. The molecule has 19 aromatic rings. The number of hydrogen-bond donors (Lipinski definition) is 6. The van der Waals surface area contributed by atoms with Crippen LogP contribution < -0.4 is 0 Å². The molecule has 720 valence electrons. The average Bonchev–Trinajstić information content (AvgIpc) is 1.56. The molecule has 0 amide bonds. The predicted molar refractivity (Wildman–Crippen MR) is 565 cm³/mol. The standard InChI is InChI=1S/C22H20N.2C17H16NS.2C13H8NS.2C9H6NS.3C5H10O2.4Ir/c1-3-22(4-2)19-10-6-5-9-17(19)18-13-12-16(15-20(18)22)21-11-7-8-14-23-21;2*1-17(2,3)13-10-8-12(9-11-13)16-18-14-6-4-5-7-15(14)19-16;2*1-2-6-10(7-3-1)13-14-11-8-4-5-9-12(11)15-13;2*1-2-6-10-8(4-1)9-5-3-7-11-9;3*1-4(6)3-5(2)7;;;;/h5-11,13-15H,3-4H2,1-2H3;2*4-8,10-11H,1-3H3;2*1-6,8-9H;2*1-4,6-7H;3*3-4,6-7H,1-2H3;;;;/q7*-1;;;;;;;. The van der Waals surface area contributed by atoms with Crippen LogP contribution in [-0.4, -0.2) is 83.8 Å². The monoisotopic (exact) mass is 2650 g/mol. The van der Waals surface area contributed by atoms with E-state index in [1.165, 1.54) is 91.2 Å². The first-order chi connectivity index (χ1) is 64.5. The molecule has 13 nitrogen and oxygen atoms in total. The number of thiazole rings is 4. The second-order valence-corrected chi connectivity index (χ2v) is 39.0. The molecule has 9 aromatic heterocycles. The van der Waals surface area contributed by atoms with Gasteiger partial charge in [-0.05, 0) is 173 Å². The van der Waals surface area contributed by atoms with Crippen molar-refractivity contribution in [1.82, 2.24) is 34.9 Å². The number of aromatic nitrogens is 7. The molecule has 1 aliphatic carbocycles. The first-order valence-corrected chi connectivity index (χ1v) is 49.0. The number of benzene rings is 10. The quantitative estimate of drug-likeness (QED) is 0.0497. The molecule has 0 fully saturated rings. The molecule has 0 spiro atoms. The van der Waals surface area contributed by atoms with E-state index in [0.29, 0.717) is 0 Å². The molecule has 23 heteroatoms. The van der Waals surface area contributed by atoms with Gasteiger partial charge < -0.3 is 45.6 Å². The number of allylic oxidation sites excluding steroid dienone is 3. The van der Waals surface area contributed by atoms with E-state index < -0.39 is 18.3 Å². The molecule has 4 radical (unpaired) electrons. The molecule has 3 unspecified atom stereocenters. The van der Waals surface area contributed by atoms with E-state index in [4.69, 9.17) is 30.6 Å². The molecule has 0 saturated heterocycles. The fourth-order valence-electron chi connectivity index (χ4n) is 13.9. The fraction of sp³-hybridized carbons (Fsp3) is 0.191. The summed E-state index contributed by atoms with van der Waals surface area (Å²) in [5, 5.41) is 58.9. The van der Waals surface area contributed by atoms with Crippen LogP contribution in [0.5, 0.6) is 0 Å². The SMILES string of the molecule is CC(C)(C)c1c[c-]c(-c2nc3ccccc3s2)cc1.CC(C)(C)c1c[c-]c(-c2nc3ccccc3s2)cc1.CC(O)=CC(C)O.CC(O)=CC(C)O.CC(O)=CC(C)O.CCC1(CC)c2ccccc2-c2c[c-]c(-c3ccccn3)cc21.[Ir].[Ir].[Ir].[Ir].[c-]1ccccc1-c1nc2ccccc2s1.[c-]1ccccc1-c1nc2ccccc2s1.[c-]1ccsc1-c1ccccn1.[c-]1ccsc1-c1ccccn1. The van der Waals surface area contributed by atoms with Gasteiger partial charge in [-0.25, -0.2) is 22.7 Å². The summed E-state index contributed by atoms with van der Waals surface area (Å²) < 4.78 is 4.91. The van der Waals surface area contributed by atoms with Crippen LogP contribution in [0.1, 0.15) is 132 Å². The van der Waals surface area contributed by atoms with Crippen molar-refractivity contribution in [3.63, 3.8) is 0 Å². The summed E-state index contributed by atoms with van der Waals surface area (Å²) in [5.41, 5.74) is 21.3. The van der Waals surface area contributed by atoms with Crippen molar-refractivity contribution < 1.29 is 111 Å². The Bertz CT molecular complexity index is 6340. The smallest absolute Gasteiger partial charge is 0.0877 e. The minimum absolute atomic E-state index is 0. The summed E-state index contributed by atoms with van der Waals surface area (Å²) in [4.78, 5) is 33.6. The molecule has 6 N–H and O–H groups in total. The van der Waals surface area contributed by atoms with Gasteiger partial charge in [0.2, 0.25) is 0 Å². The van der Waals surface area contributed by atoms with Crippen LogP contribution in [0.25, 0.3) is 127 Å². The van der Waals surface area contributed by atoms with Crippen LogP contribution in [0.3, 0.4) is 0 Å². The van der Waals surface area contributed by atoms with Gasteiger partial charge in [-0.3, -0.25) is 19.9 Å². The maximum absolute atomic E-state index is 8.49. The summed E-state index contributed by atoms with van der Waals surface area (Å²) in [6.45, 7) is 27.2. The summed E-state index contributed by atoms with van der Waals surface area (Å²) >= 11 is 10.2. The minimum Gasteiger partial charge on any atom is -0.513 e. The number of hydrogen-bond acceptors (Lipinski definition) is 19. The summed E-state index contributed by atoms with van der Waals surface area (Å²) in [6.07, 6.45) is 10.1. The van der Waals surface area contributed by atoms with Crippen LogP contribution in [0.2, 0.25) is 0 Å². The normalized spacial score (nSPS) is 12.1. The van der Waals surface area contributed by atoms with Crippen molar-refractivity contribution in [2.24, 2.45) is 0 Å². The molecule has 9 heterocycles. The number of aliphatic hydroxyl groups excluding tert-OH is 6. The zero-order chi connectivity index (χ0) is 95.6. The molecule has 138 heavy (non-hydrogen) atoms.